The number of para-hydroxylation sites is 1. The number of carbonyl (C=O) groups is 1. The molecule has 108 valence electrons. The lowest BCUT2D eigenvalue weighted by molar-refractivity contribution is -0.384. The predicted molar refractivity (Wildman–Crippen MR) is 74.0 cm³/mol. The number of carboxylic acid groups (broad SMARTS) is 1. The van der Waals surface area contributed by atoms with Gasteiger partial charge in [0.05, 0.1) is 4.92 Å². The summed E-state index contributed by atoms with van der Waals surface area (Å²) in [7, 11) is 0. The fourth-order valence-corrected chi connectivity index (χ4v) is 2.45. The molecule has 20 heavy (non-hydrogen) atoms. The van der Waals surface area contributed by atoms with Gasteiger partial charge in [0.2, 0.25) is 0 Å². The third kappa shape index (κ3) is 2.98. The van der Waals surface area contributed by atoms with E-state index in [0.29, 0.717) is 25.3 Å². The highest BCUT2D eigenvalue weighted by Gasteiger charge is 2.26. The van der Waals surface area contributed by atoms with Crippen molar-refractivity contribution in [2.75, 3.05) is 25.0 Å². The fraction of sp³-hybridized carbons (Fsp3) is 0.462. The second-order valence-corrected chi connectivity index (χ2v) is 4.99. The molecule has 2 rings (SSSR count). The van der Waals surface area contributed by atoms with Crippen molar-refractivity contribution >= 4 is 17.5 Å². The number of hydrogen-bond acceptors (Lipinski definition) is 4. The second-order valence-electron chi connectivity index (χ2n) is 4.99. The monoisotopic (exact) mass is 279 g/mol. The van der Waals surface area contributed by atoms with Gasteiger partial charge < -0.3 is 15.3 Å². The molecule has 0 aliphatic carbocycles. The van der Waals surface area contributed by atoms with E-state index in [4.69, 9.17) is 5.11 Å². The molecule has 1 heterocycles. The van der Waals surface area contributed by atoms with Gasteiger partial charge in [0.1, 0.15) is 5.69 Å². The molecule has 1 aromatic carbocycles. The zero-order chi connectivity index (χ0) is 14.7. The zero-order valence-electron chi connectivity index (χ0n) is 11.2. The lowest BCUT2D eigenvalue weighted by Gasteiger charge is -2.15. The van der Waals surface area contributed by atoms with Crippen LogP contribution in [0.4, 0.5) is 16.2 Å². The van der Waals surface area contributed by atoms with Crippen molar-refractivity contribution < 1.29 is 14.8 Å². The highest BCUT2D eigenvalue weighted by Crippen LogP contribution is 2.28. The first-order valence-corrected chi connectivity index (χ1v) is 6.44. The molecule has 1 fully saturated rings. The highest BCUT2D eigenvalue weighted by atomic mass is 16.6. The SMILES string of the molecule is Cc1cccc([N+](=O)[O-])c1NC[C@@H]1CCN(C(=O)O)C1. The summed E-state index contributed by atoms with van der Waals surface area (Å²) in [5.41, 5.74) is 1.39. The first-order valence-electron chi connectivity index (χ1n) is 6.44. The molecule has 0 bridgehead atoms. The molecule has 1 aliphatic heterocycles. The number of amides is 1. The van der Waals surface area contributed by atoms with E-state index in [2.05, 4.69) is 5.32 Å². The number of likely N-dealkylation sites (tertiary alicyclic amines) is 1. The lowest BCUT2D eigenvalue weighted by Crippen LogP contribution is -2.28. The number of nitrogens with one attached hydrogen (secondary N) is 1. The first-order chi connectivity index (χ1) is 9.49. The summed E-state index contributed by atoms with van der Waals surface area (Å²) < 4.78 is 0. The minimum atomic E-state index is -0.908. The Morgan fingerprint density at radius 3 is 2.95 bits per heavy atom. The third-order valence-corrected chi connectivity index (χ3v) is 3.57. The number of rotatable bonds is 4. The van der Waals surface area contributed by atoms with E-state index in [1.807, 2.05) is 13.0 Å². The zero-order valence-corrected chi connectivity index (χ0v) is 11.2. The van der Waals surface area contributed by atoms with E-state index in [9.17, 15) is 14.9 Å². The number of nitro groups is 1. The molecule has 0 saturated carbocycles. The van der Waals surface area contributed by atoms with Crippen molar-refractivity contribution in [1.29, 1.82) is 0 Å². The molecule has 0 spiro atoms. The van der Waals surface area contributed by atoms with Gasteiger partial charge in [-0.15, -0.1) is 0 Å². The number of anilines is 1. The van der Waals surface area contributed by atoms with E-state index in [0.717, 1.165) is 12.0 Å². The van der Waals surface area contributed by atoms with Crippen LogP contribution in [0.25, 0.3) is 0 Å². The lowest BCUT2D eigenvalue weighted by atomic mass is 10.1. The van der Waals surface area contributed by atoms with Crippen LogP contribution in [-0.4, -0.2) is 40.7 Å². The molecular weight excluding hydrogens is 262 g/mol. The molecule has 2 N–H and O–H groups in total. The second kappa shape index (κ2) is 5.77. The van der Waals surface area contributed by atoms with Crippen LogP contribution in [0, 0.1) is 23.0 Å². The van der Waals surface area contributed by atoms with Crippen molar-refractivity contribution in [3.05, 3.63) is 33.9 Å². The number of nitrogens with zero attached hydrogens (tertiary/aromatic N) is 2. The Morgan fingerprint density at radius 2 is 2.35 bits per heavy atom. The minimum Gasteiger partial charge on any atom is -0.465 e. The normalized spacial score (nSPS) is 18.1. The van der Waals surface area contributed by atoms with Gasteiger partial charge in [0, 0.05) is 25.7 Å². The van der Waals surface area contributed by atoms with E-state index < -0.39 is 11.0 Å². The fourth-order valence-electron chi connectivity index (χ4n) is 2.45. The quantitative estimate of drug-likeness (QED) is 0.651. The number of hydrogen-bond donors (Lipinski definition) is 2. The van der Waals surface area contributed by atoms with E-state index >= 15 is 0 Å². The van der Waals surface area contributed by atoms with Crippen LogP contribution in [0.2, 0.25) is 0 Å². The average molecular weight is 279 g/mol. The molecule has 1 amide bonds. The van der Waals surface area contributed by atoms with Crippen LogP contribution >= 0.6 is 0 Å². The standard InChI is InChI=1S/C13H17N3O4/c1-9-3-2-4-11(16(19)20)12(9)14-7-10-5-6-15(8-10)13(17)18/h2-4,10,14H,5-8H2,1H3,(H,17,18)/t10-/m0/s1. The van der Waals surface area contributed by atoms with Gasteiger partial charge in [-0.1, -0.05) is 12.1 Å². The van der Waals surface area contributed by atoms with Gasteiger partial charge in [-0.25, -0.2) is 4.79 Å². The third-order valence-electron chi connectivity index (χ3n) is 3.57. The molecule has 1 aliphatic rings. The summed E-state index contributed by atoms with van der Waals surface area (Å²) in [6.45, 7) is 3.35. The topological polar surface area (TPSA) is 95.7 Å². The Balaban J connectivity index is 2.01. The van der Waals surface area contributed by atoms with Crippen molar-refractivity contribution in [2.45, 2.75) is 13.3 Å². The van der Waals surface area contributed by atoms with E-state index in [1.54, 1.807) is 6.07 Å². The summed E-state index contributed by atoms with van der Waals surface area (Å²) in [5, 5.41) is 23.0. The summed E-state index contributed by atoms with van der Waals surface area (Å²) >= 11 is 0. The Kier molecular flexibility index (Phi) is 4.07. The number of benzene rings is 1. The molecule has 0 aromatic heterocycles. The molecule has 1 saturated heterocycles. The van der Waals surface area contributed by atoms with Gasteiger partial charge in [0.15, 0.2) is 0 Å². The molecule has 0 radical (unpaired) electrons. The highest BCUT2D eigenvalue weighted by molar-refractivity contribution is 5.66. The van der Waals surface area contributed by atoms with Crippen LogP contribution in [0.5, 0.6) is 0 Å². The number of nitro benzene ring substituents is 1. The van der Waals surface area contributed by atoms with Crippen molar-refractivity contribution in [3.8, 4) is 0 Å². The molecule has 1 aromatic rings. The molecule has 7 nitrogen and oxygen atoms in total. The minimum absolute atomic E-state index is 0.0538. The van der Waals surface area contributed by atoms with E-state index in [1.165, 1.54) is 11.0 Å². The predicted octanol–water partition coefficient (Wildman–Crippen LogP) is 2.32. The first kappa shape index (κ1) is 14.1. The maximum atomic E-state index is 11.0. The summed E-state index contributed by atoms with van der Waals surface area (Å²) in [6, 6.07) is 4.93. The van der Waals surface area contributed by atoms with Crippen LogP contribution in [0.15, 0.2) is 18.2 Å². The summed E-state index contributed by atoms with van der Waals surface area (Å²) in [4.78, 5) is 22.8. The van der Waals surface area contributed by atoms with Gasteiger partial charge in [-0.3, -0.25) is 10.1 Å². The molecule has 1 atom stereocenters. The van der Waals surface area contributed by atoms with Gasteiger partial charge in [-0.2, -0.15) is 0 Å². The van der Waals surface area contributed by atoms with Gasteiger partial charge >= 0.3 is 6.09 Å². The van der Waals surface area contributed by atoms with E-state index in [-0.39, 0.29) is 11.6 Å². The van der Waals surface area contributed by atoms with Crippen molar-refractivity contribution in [1.82, 2.24) is 4.90 Å². The van der Waals surface area contributed by atoms with Crippen LogP contribution in [0.1, 0.15) is 12.0 Å². The number of aryl methyl sites for hydroxylation is 1. The molecule has 0 unspecified atom stereocenters. The van der Waals surface area contributed by atoms with Crippen molar-refractivity contribution in [2.24, 2.45) is 5.92 Å². The maximum absolute atomic E-state index is 11.0. The van der Waals surface area contributed by atoms with Crippen molar-refractivity contribution in [3.63, 3.8) is 0 Å². The maximum Gasteiger partial charge on any atom is 0.407 e. The summed E-state index contributed by atoms with van der Waals surface area (Å²) in [5.74, 6) is 0.185. The van der Waals surface area contributed by atoms with Gasteiger partial charge in [0.25, 0.3) is 5.69 Å². The Bertz CT molecular complexity index is 532. The Labute approximate surface area is 116 Å². The smallest absolute Gasteiger partial charge is 0.407 e. The average Bonchev–Trinajstić information content (AvgIpc) is 2.86. The van der Waals surface area contributed by atoms with Gasteiger partial charge in [-0.05, 0) is 24.8 Å². The Morgan fingerprint density at radius 1 is 1.60 bits per heavy atom. The molecular formula is C13H17N3O4. The largest absolute Gasteiger partial charge is 0.465 e. The van der Waals surface area contributed by atoms with Crippen LogP contribution < -0.4 is 5.32 Å². The summed E-state index contributed by atoms with van der Waals surface area (Å²) in [6.07, 6.45) is -0.131. The van der Waals surface area contributed by atoms with Crippen LogP contribution in [0.3, 0.4) is 0 Å². The Hall–Kier alpha value is -2.31. The van der Waals surface area contributed by atoms with Crippen LogP contribution in [-0.2, 0) is 0 Å². The molecule has 7 heteroatoms.